The van der Waals surface area contributed by atoms with Gasteiger partial charge in [0.05, 0.1) is 16.8 Å². The van der Waals surface area contributed by atoms with Crippen LogP contribution in [-0.4, -0.2) is 22.1 Å². The van der Waals surface area contributed by atoms with Crippen molar-refractivity contribution in [2.24, 2.45) is 0 Å². The summed E-state index contributed by atoms with van der Waals surface area (Å²) >= 11 is 3.17. The lowest BCUT2D eigenvalue weighted by atomic mass is 10.1. The number of anilines is 1. The number of hydrogen-bond acceptors (Lipinski definition) is 5. The molecule has 6 heteroatoms. The van der Waals surface area contributed by atoms with Gasteiger partial charge in [-0.3, -0.25) is 14.7 Å². The fraction of sp³-hybridized carbons (Fsp3) is 0.174. The average Bonchev–Trinajstić information content (AvgIpc) is 3.15. The third-order valence-electron chi connectivity index (χ3n) is 4.85. The van der Waals surface area contributed by atoms with Gasteiger partial charge in [0.15, 0.2) is 5.13 Å². The van der Waals surface area contributed by atoms with Gasteiger partial charge < -0.3 is 0 Å². The number of carbonyl (C=O) groups is 1. The molecule has 1 amide bonds. The molecule has 0 N–H and O–H groups in total. The predicted octanol–water partition coefficient (Wildman–Crippen LogP) is 5.88. The molecule has 0 saturated carbocycles. The highest BCUT2D eigenvalue weighted by Gasteiger charge is 2.22. The Morgan fingerprint density at radius 2 is 1.93 bits per heavy atom. The molecule has 0 spiro atoms. The quantitative estimate of drug-likeness (QED) is 0.379. The summed E-state index contributed by atoms with van der Waals surface area (Å²) in [5.74, 6) is -0.0581. The molecule has 2 heterocycles. The first-order chi connectivity index (χ1) is 14.0. The van der Waals surface area contributed by atoms with E-state index in [4.69, 9.17) is 4.98 Å². The van der Waals surface area contributed by atoms with Crippen LogP contribution in [0.15, 0.2) is 65.8 Å². The van der Waals surface area contributed by atoms with Gasteiger partial charge in [0.1, 0.15) is 0 Å². The van der Waals surface area contributed by atoms with Gasteiger partial charge in [-0.15, -0.1) is 11.8 Å². The molecule has 2 aromatic heterocycles. The summed E-state index contributed by atoms with van der Waals surface area (Å²) in [6.07, 6.45) is 5.54. The second-order valence-electron chi connectivity index (χ2n) is 6.89. The minimum absolute atomic E-state index is 0.0581. The van der Waals surface area contributed by atoms with E-state index >= 15 is 0 Å². The number of thioether (sulfide) groups is 1. The lowest BCUT2D eigenvalue weighted by molar-refractivity contribution is 0.0985. The van der Waals surface area contributed by atoms with Crippen molar-refractivity contribution in [3.05, 3.63) is 83.2 Å². The van der Waals surface area contributed by atoms with Crippen molar-refractivity contribution in [1.82, 2.24) is 9.97 Å². The lowest BCUT2D eigenvalue weighted by Gasteiger charge is -2.20. The Balaban J connectivity index is 1.78. The molecule has 0 bridgehead atoms. The van der Waals surface area contributed by atoms with Crippen LogP contribution in [0.3, 0.4) is 0 Å². The minimum atomic E-state index is -0.0581. The van der Waals surface area contributed by atoms with Crippen LogP contribution < -0.4 is 4.90 Å². The third-order valence-corrected chi connectivity index (χ3v) is 6.62. The van der Waals surface area contributed by atoms with E-state index in [0.29, 0.717) is 17.2 Å². The van der Waals surface area contributed by atoms with E-state index in [-0.39, 0.29) is 5.91 Å². The molecule has 0 fully saturated rings. The van der Waals surface area contributed by atoms with E-state index in [1.807, 2.05) is 42.7 Å². The standard InChI is InChI=1S/C23H21N3OS2/c1-15-10-20-21(11-16(15)2)29-23(25-20)26(14-17-6-5-9-24-13-17)22(27)18-7-4-8-19(12-18)28-3/h4-13H,14H2,1-3H3. The van der Waals surface area contributed by atoms with Gasteiger partial charge in [0, 0.05) is 22.9 Å². The zero-order chi connectivity index (χ0) is 20.4. The summed E-state index contributed by atoms with van der Waals surface area (Å²) in [5, 5.41) is 0.702. The highest BCUT2D eigenvalue weighted by atomic mass is 32.2. The maximum Gasteiger partial charge on any atom is 0.260 e. The number of benzene rings is 2. The maximum atomic E-state index is 13.5. The molecule has 146 valence electrons. The Bertz CT molecular complexity index is 1130. The van der Waals surface area contributed by atoms with Crippen molar-refractivity contribution >= 4 is 44.4 Å². The van der Waals surface area contributed by atoms with E-state index in [0.717, 1.165) is 20.7 Å². The Morgan fingerprint density at radius 1 is 1.10 bits per heavy atom. The van der Waals surface area contributed by atoms with Gasteiger partial charge in [0.2, 0.25) is 0 Å². The number of thiazole rings is 1. The van der Waals surface area contributed by atoms with E-state index in [1.54, 1.807) is 40.4 Å². The van der Waals surface area contributed by atoms with Crippen molar-refractivity contribution in [3.63, 3.8) is 0 Å². The molecule has 0 aliphatic heterocycles. The van der Waals surface area contributed by atoms with Crippen LogP contribution in [0.1, 0.15) is 27.0 Å². The number of hydrogen-bond donors (Lipinski definition) is 0. The summed E-state index contributed by atoms with van der Waals surface area (Å²) in [4.78, 5) is 25.3. The summed E-state index contributed by atoms with van der Waals surface area (Å²) in [7, 11) is 0. The van der Waals surface area contributed by atoms with Crippen molar-refractivity contribution in [1.29, 1.82) is 0 Å². The smallest absolute Gasteiger partial charge is 0.260 e. The molecule has 29 heavy (non-hydrogen) atoms. The number of aryl methyl sites for hydroxylation is 2. The summed E-state index contributed by atoms with van der Waals surface area (Å²) < 4.78 is 1.09. The van der Waals surface area contributed by atoms with Gasteiger partial charge in [-0.25, -0.2) is 4.98 Å². The second kappa shape index (κ2) is 8.35. The van der Waals surface area contributed by atoms with E-state index in [2.05, 4.69) is 31.0 Å². The largest absolute Gasteiger partial charge is 0.279 e. The van der Waals surface area contributed by atoms with Crippen LogP contribution in [-0.2, 0) is 6.54 Å². The first-order valence-corrected chi connectivity index (χ1v) is 11.3. The highest BCUT2D eigenvalue weighted by Crippen LogP contribution is 2.32. The van der Waals surface area contributed by atoms with Crippen molar-refractivity contribution in [3.8, 4) is 0 Å². The zero-order valence-electron chi connectivity index (χ0n) is 16.5. The number of carbonyl (C=O) groups excluding carboxylic acids is 1. The van der Waals surface area contributed by atoms with E-state index in [9.17, 15) is 4.79 Å². The molecule has 0 aliphatic rings. The van der Waals surface area contributed by atoms with Gasteiger partial charge in [-0.05, 0) is 73.2 Å². The van der Waals surface area contributed by atoms with Gasteiger partial charge in [0.25, 0.3) is 5.91 Å². The van der Waals surface area contributed by atoms with Crippen molar-refractivity contribution in [2.75, 3.05) is 11.2 Å². The Labute approximate surface area is 178 Å². The topological polar surface area (TPSA) is 46.1 Å². The van der Waals surface area contributed by atoms with Gasteiger partial charge in [-0.1, -0.05) is 23.5 Å². The molecule has 0 aliphatic carbocycles. The number of amides is 1. The number of aromatic nitrogens is 2. The lowest BCUT2D eigenvalue weighted by Crippen LogP contribution is -2.30. The highest BCUT2D eigenvalue weighted by molar-refractivity contribution is 7.98. The molecule has 4 nitrogen and oxygen atoms in total. The number of pyridine rings is 1. The fourth-order valence-electron chi connectivity index (χ4n) is 3.10. The summed E-state index contributed by atoms with van der Waals surface area (Å²) in [6, 6.07) is 15.8. The minimum Gasteiger partial charge on any atom is -0.279 e. The summed E-state index contributed by atoms with van der Waals surface area (Å²) in [5.41, 5.74) is 4.98. The first-order valence-electron chi connectivity index (χ1n) is 9.28. The molecular weight excluding hydrogens is 398 g/mol. The molecule has 0 atom stereocenters. The van der Waals surface area contributed by atoms with E-state index in [1.165, 1.54) is 11.1 Å². The van der Waals surface area contributed by atoms with Gasteiger partial charge >= 0.3 is 0 Å². The molecule has 4 rings (SSSR count). The summed E-state index contributed by atoms with van der Waals surface area (Å²) in [6.45, 7) is 4.61. The number of fused-ring (bicyclic) bond motifs is 1. The fourth-order valence-corrected chi connectivity index (χ4v) is 4.60. The van der Waals surface area contributed by atoms with Crippen LogP contribution >= 0.6 is 23.1 Å². The van der Waals surface area contributed by atoms with Crippen LogP contribution in [0, 0.1) is 13.8 Å². The third kappa shape index (κ3) is 4.18. The van der Waals surface area contributed by atoms with Crippen LogP contribution in [0.4, 0.5) is 5.13 Å². The maximum absolute atomic E-state index is 13.5. The molecule has 0 unspecified atom stereocenters. The molecular formula is C23H21N3OS2. The number of rotatable bonds is 5. The van der Waals surface area contributed by atoms with Crippen molar-refractivity contribution in [2.45, 2.75) is 25.3 Å². The SMILES string of the molecule is CSc1cccc(C(=O)N(Cc2cccnc2)c2nc3cc(C)c(C)cc3s2)c1. The normalized spacial score (nSPS) is 11.0. The first kappa shape index (κ1) is 19.6. The Kier molecular flexibility index (Phi) is 5.65. The van der Waals surface area contributed by atoms with Crippen LogP contribution in [0.5, 0.6) is 0 Å². The van der Waals surface area contributed by atoms with Gasteiger partial charge in [-0.2, -0.15) is 0 Å². The van der Waals surface area contributed by atoms with E-state index < -0.39 is 0 Å². The average molecular weight is 420 g/mol. The second-order valence-corrected chi connectivity index (χ2v) is 8.77. The zero-order valence-corrected chi connectivity index (χ0v) is 18.2. The van der Waals surface area contributed by atoms with Crippen LogP contribution in [0.2, 0.25) is 0 Å². The molecule has 4 aromatic rings. The number of nitrogens with zero attached hydrogens (tertiary/aromatic N) is 3. The molecule has 0 saturated heterocycles. The molecule has 0 radical (unpaired) electrons. The molecule has 2 aromatic carbocycles. The predicted molar refractivity (Wildman–Crippen MR) is 122 cm³/mol. The monoisotopic (exact) mass is 419 g/mol. The Morgan fingerprint density at radius 3 is 2.69 bits per heavy atom. The Hall–Kier alpha value is -2.70. The van der Waals surface area contributed by atoms with Crippen LogP contribution in [0.25, 0.3) is 10.2 Å². The van der Waals surface area contributed by atoms with Crippen molar-refractivity contribution < 1.29 is 4.79 Å².